The summed E-state index contributed by atoms with van der Waals surface area (Å²) in [5.74, 6) is 0.336. The predicted molar refractivity (Wildman–Crippen MR) is 137 cm³/mol. The van der Waals surface area contributed by atoms with Crippen molar-refractivity contribution in [2.75, 3.05) is 44.2 Å². The lowest BCUT2D eigenvalue weighted by atomic mass is 9.98. The van der Waals surface area contributed by atoms with Gasteiger partial charge in [-0.3, -0.25) is 4.79 Å². The summed E-state index contributed by atoms with van der Waals surface area (Å²) < 4.78 is 58.0. The van der Waals surface area contributed by atoms with Gasteiger partial charge in [0, 0.05) is 45.2 Å². The van der Waals surface area contributed by atoms with Gasteiger partial charge in [-0.05, 0) is 51.0 Å². The van der Waals surface area contributed by atoms with E-state index in [0.29, 0.717) is 57.4 Å². The maximum atomic E-state index is 13.3. The Hall–Kier alpha value is -2.51. The van der Waals surface area contributed by atoms with Gasteiger partial charge in [0.25, 0.3) is 0 Å². The molecule has 0 bridgehead atoms. The van der Waals surface area contributed by atoms with Crippen LogP contribution in [0.1, 0.15) is 52.3 Å². The number of carbonyl (C=O) groups excluding carboxylic acids is 1. The first kappa shape index (κ1) is 27.5. The Bertz CT molecular complexity index is 1310. The van der Waals surface area contributed by atoms with Crippen LogP contribution in [0.25, 0.3) is 0 Å². The van der Waals surface area contributed by atoms with Crippen molar-refractivity contribution in [2.45, 2.75) is 61.5 Å². The van der Waals surface area contributed by atoms with E-state index in [0.717, 1.165) is 0 Å². The number of hydrogen-bond acceptors (Lipinski definition) is 9. The SMILES string of the molecule is CC(C)c1noc(N2CCN(C(=O)[C@@H]3CCCN(S(=O)(=O)c4ccc(S(=O)(=O)C(C)C)cc4)C3)CC2)n1. The zero-order chi connectivity index (χ0) is 27.0. The molecule has 11 nitrogen and oxygen atoms in total. The van der Waals surface area contributed by atoms with Gasteiger partial charge in [-0.1, -0.05) is 19.0 Å². The summed E-state index contributed by atoms with van der Waals surface area (Å²) >= 11 is 0. The maximum absolute atomic E-state index is 13.3. The highest BCUT2D eigenvalue weighted by Gasteiger charge is 2.36. The molecular weight excluding hydrogens is 518 g/mol. The molecule has 1 atom stereocenters. The van der Waals surface area contributed by atoms with Gasteiger partial charge in [-0.2, -0.15) is 9.29 Å². The van der Waals surface area contributed by atoms with Crippen LogP contribution in [0, 0.1) is 5.92 Å². The highest BCUT2D eigenvalue weighted by Crippen LogP contribution is 2.27. The number of sulfonamides is 1. The van der Waals surface area contributed by atoms with Gasteiger partial charge < -0.3 is 14.3 Å². The summed E-state index contributed by atoms with van der Waals surface area (Å²) in [6.07, 6.45) is 1.20. The molecule has 1 amide bonds. The van der Waals surface area contributed by atoms with E-state index in [4.69, 9.17) is 4.52 Å². The summed E-state index contributed by atoms with van der Waals surface area (Å²) in [5.41, 5.74) is 0. The Kier molecular flexibility index (Phi) is 7.96. The molecule has 2 saturated heterocycles. The Labute approximate surface area is 218 Å². The summed E-state index contributed by atoms with van der Waals surface area (Å²) in [5, 5.41) is 3.40. The number of benzene rings is 1. The second kappa shape index (κ2) is 10.7. The van der Waals surface area contributed by atoms with Crippen LogP contribution in [0.4, 0.5) is 6.01 Å². The average Bonchev–Trinajstić information content (AvgIpc) is 3.39. The molecule has 3 heterocycles. The first-order valence-electron chi connectivity index (χ1n) is 12.6. The molecule has 2 aliphatic rings. The van der Waals surface area contributed by atoms with Crippen LogP contribution in [0.5, 0.6) is 0 Å². The van der Waals surface area contributed by atoms with Crippen LogP contribution in [0.3, 0.4) is 0 Å². The number of anilines is 1. The number of amides is 1. The number of sulfone groups is 1. The van der Waals surface area contributed by atoms with Crippen LogP contribution in [0.15, 0.2) is 38.6 Å². The molecule has 0 radical (unpaired) electrons. The molecule has 37 heavy (non-hydrogen) atoms. The molecule has 1 aromatic carbocycles. The summed E-state index contributed by atoms with van der Waals surface area (Å²) in [4.78, 5) is 21.6. The van der Waals surface area contributed by atoms with Crippen molar-refractivity contribution in [3.63, 3.8) is 0 Å². The van der Waals surface area contributed by atoms with E-state index in [-0.39, 0.29) is 28.2 Å². The fraction of sp³-hybridized carbons (Fsp3) is 0.625. The quantitative estimate of drug-likeness (QED) is 0.505. The first-order chi connectivity index (χ1) is 17.4. The van der Waals surface area contributed by atoms with Gasteiger partial charge in [0.05, 0.1) is 21.0 Å². The lowest BCUT2D eigenvalue weighted by molar-refractivity contribution is -0.137. The molecule has 0 N–H and O–H groups in total. The van der Waals surface area contributed by atoms with Crippen molar-refractivity contribution >= 4 is 31.8 Å². The molecule has 13 heteroatoms. The van der Waals surface area contributed by atoms with Gasteiger partial charge in [-0.15, -0.1) is 0 Å². The van der Waals surface area contributed by atoms with Crippen molar-refractivity contribution < 1.29 is 26.2 Å². The van der Waals surface area contributed by atoms with Gasteiger partial charge in [0.15, 0.2) is 15.7 Å². The number of rotatable bonds is 7. The van der Waals surface area contributed by atoms with Gasteiger partial charge in [0.2, 0.25) is 15.9 Å². The zero-order valence-corrected chi connectivity index (χ0v) is 23.3. The molecule has 0 aliphatic carbocycles. The topological polar surface area (TPSA) is 134 Å². The number of piperazine rings is 1. The highest BCUT2D eigenvalue weighted by molar-refractivity contribution is 7.92. The fourth-order valence-electron chi connectivity index (χ4n) is 4.55. The van der Waals surface area contributed by atoms with Crippen molar-refractivity contribution in [1.82, 2.24) is 19.3 Å². The van der Waals surface area contributed by atoms with Crippen molar-refractivity contribution in [3.8, 4) is 0 Å². The molecule has 0 saturated carbocycles. The van der Waals surface area contributed by atoms with Crippen molar-refractivity contribution in [3.05, 3.63) is 30.1 Å². The molecule has 1 aromatic heterocycles. The first-order valence-corrected chi connectivity index (χ1v) is 15.6. The number of carbonyl (C=O) groups is 1. The van der Waals surface area contributed by atoms with E-state index in [9.17, 15) is 21.6 Å². The molecule has 4 rings (SSSR count). The minimum Gasteiger partial charge on any atom is -0.339 e. The third-order valence-electron chi connectivity index (χ3n) is 6.95. The minimum atomic E-state index is -3.86. The molecule has 0 unspecified atom stereocenters. The molecule has 0 spiro atoms. The molecule has 2 fully saturated rings. The van der Waals surface area contributed by atoms with Gasteiger partial charge in [0.1, 0.15) is 0 Å². The number of aromatic nitrogens is 2. The Morgan fingerprint density at radius 1 is 0.946 bits per heavy atom. The zero-order valence-electron chi connectivity index (χ0n) is 21.7. The van der Waals surface area contributed by atoms with Gasteiger partial charge in [-0.25, -0.2) is 16.8 Å². The fourth-order valence-corrected chi connectivity index (χ4v) is 7.13. The number of piperidine rings is 1. The van der Waals surface area contributed by atoms with E-state index in [1.54, 1.807) is 18.7 Å². The summed E-state index contributed by atoms with van der Waals surface area (Å²) in [6.45, 7) is 9.68. The third-order valence-corrected chi connectivity index (χ3v) is 11.0. The lowest BCUT2D eigenvalue weighted by Gasteiger charge is -2.38. The van der Waals surface area contributed by atoms with Crippen LogP contribution in [-0.4, -0.2) is 86.6 Å². The lowest BCUT2D eigenvalue weighted by Crippen LogP contribution is -2.53. The predicted octanol–water partition coefficient (Wildman–Crippen LogP) is 2.12. The summed E-state index contributed by atoms with van der Waals surface area (Å²) in [6, 6.07) is 5.79. The average molecular weight is 554 g/mol. The summed E-state index contributed by atoms with van der Waals surface area (Å²) in [7, 11) is -7.36. The Morgan fingerprint density at radius 2 is 1.57 bits per heavy atom. The Morgan fingerprint density at radius 3 is 2.14 bits per heavy atom. The molecule has 2 aromatic rings. The van der Waals surface area contributed by atoms with Crippen molar-refractivity contribution in [2.24, 2.45) is 5.92 Å². The molecule has 2 aliphatic heterocycles. The molecule has 204 valence electrons. The van der Waals surface area contributed by atoms with Crippen LogP contribution >= 0.6 is 0 Å². The van der Waals surface area contributed by atoms with E-state index in [1.165, 1.54) is 28.6 Å². The van der Waals surface area contributed by atoms with E-state index in [2.05, 4.69) is 10.1 Å². The van der Waals surface area contributed by atoms with E-state index in [1.807, 2.05) is 18.7 Å². The van der Waals surface area contributed by atoms with Crippen LogP contribution in [-0.2, 0) is 24.7 Å². The third kappa shape index (κ3) is 5.68. The largest absolute Gasteiger partial charge is 0.339 e. The normalized spacial score (nSPS) is 20.1. The smallest absolute Gasteiger partial charge is 0.324 e. The second-order valence-corrected chi connectivity index (χ2v) is 14.6. The second-order valence-electron chi connectivity index (χ2n) is 10.2. The highest BCUT2D eigenvalue weighted by atomic mass is 32.2. The van der Waals surface area contributed by atoms with E-state index >= 15 is 0 Å². The van der Waals surface area contributed by atoms with Crippen molar-refractivity contribution in [1.29, 1.82) is 0 Å². The van der Waals surface area contributed by atoms with Gasteiger partial charge >= 0.3 is 6.01 Å². The number of nitrogens with zero attached hydrogens (tertiary/aromatic N) is 5. The standard InChI is InChI=1S/C24H35N5O6S2/c1-17(2)22-25-24(35-26-22)28-14-12-27(13-15-28)23(30)19-6-5-11-29(16-19)37(33,34)21-9-7-20(8-10-21)36(31,32)18(3)4/h7-10,17-19H,5-6,11-16H2,1-4H3/t19-/m1/s1. The Balaban J connectivity index is 1.39. The molecular formula is C24H35N5O6S2. The monoisotopic (exact) mass is 553 g/mol. The van der Waals surface area contributed by atoms with E-state index < -0.39 is 31.0 Å². The maximum Gasteiger partial charge on any atom is 0.324 e. The number of hydrogen-bond donors (Lipinski definition) is 0. The van der Waals surface area contributed by atoms with Crippen LogP contribution < -0.4 is 4.90 Å². The minimum absolute atomic E-state index is 0.0252. The van der Waals surface area contributed by atoms with Crippen LogP contribution in [0.2, 0.25) is 0 Å².